The number of aromatic nitrogens is 2. The van der Waals surface area contributed by atoms with E-state index < -0.39 is 0 Å². The number of fused-ring (bicyclic) bond motifs is 1. The van der Waals surface area contributed by atoms with Gasteiger partial charge in [-0.25, -0.2) is 9.97 Å². The van der Waals surface area contributed by atoms with E-state index in [9.17, 15) is 0 Å². The first-order valence-corrected chi connectivity index (χ1v) is 7.99. The van der Waals surface area contributed by atoms with Crippen LogP contribution in [0.2, 0.25) is 0 Å². The molecule has 1 aliphatic rings. The monoisotopic (exact) mass is 284 g/mol. The number of para-hydroxylation sites is 2. The van der Waals surface area contributed by atoms with E-state index in [2.05, 4.69) is 24.1 Å². The summed E-state index contributed by atoms with van der Waals surface area (Å²) in [5, 5.41) is 3.62. The fourth-order valence-electron chi connectivity index (χ4n) is 3.09. The van der Waals surface area contributed by atoms with Crippen molar-refractivity contribution in [2.45, 2.75) is 39.2 Å². The molecule has 0 amide bonds. The van der Waals surface area contributed by atoms with Gasteiger partial charge < -0.3 is 10.2 Å². The largest absolute Gasteiger partial charge is 0.354 e. The molecule has 1 unspecified atom stereocenters. The summed E-state index contributed by atoms with van der Waals surface area (Å²) in [6, 6.07) is 8.68. The molecule has 2 heterocycles. The molecule has 0 bridgehead atoms. The van der Waals surface area contributed by atoms with Crippen LogP contribution in [-0.2, 0) is 0 Å². The van der Waals surface area contributed by atoms with Crippen molar-refractivity contribution >= 4 is 16.9 Å². The summed E-state index contributed by atoms with van der Waals surface area (Å²) in [4.78, 5) is 11.9. The molecule has 1 aromatic carbocycles. The Labute approximate surface area is 126 Å². The van der Waals surface area contributed by atoms with Crippen molar-refractivity contribution in [1.29, 1.82) is 0 Å². The zero-order chi connectivity index (χ0) is 14.7. The molecule has 0 radical (unpaired) electrons. The minimum atomic E-state index is 0.575. The molecular weight excluding hydrogens is 260 g/mol. The Hall–Kier alpha value is -1.68. The molecule has 112 valence electrons. The van der Waals surface area contributed by atoms with Gasteiger partial charge in [-0.2, -0.15) is 0 Å². The van der Waals surface area contributed by atoms with Crippen molar-refractivity contribution in [3.63, 3.8) is 0 Å². The lowest BCUT2D eigenvalue weighted by Crippen LogP contribution is -2.44. The number of anilines is 1. The van der Waals surface area contributed by atoms with Gasteiger partial charge in [0.2, 0.25) is 0 Å². The van der Waals surface area contributed by atoms with E-state index in [0.717, 1.165) is 42.2 Å². The van der Waals surface area contributed by atoms with E-state index in [1.54, 1.807) is 0 Å². The molecule has 1 aromatic heterocycles. The average molecular weight is 284 g/mol. The first kappa shape index (κ1) is 14.3. The van der Waals surface area contributed by atoms with Gasteiger partial charge >= 0.3 is 0 Å². The van der Waals surface area contributed by atoms with Crippen molar-refractivity contribution in [3.8, 4) is 0 Å². The second-order valence-electron chi connectivity index (χ2n) is 5.81. The summed E-state index contributed by atoms with van der Waals surface area (Å²) in [5.74, 6) is 1.03. The maximum atomic E-state index is 4.85. The molecule has 3 rings (SSSR count). The molecule has 1 N–H and O–H groups in total. The zero-order valence-corrected chi connectivity index (χ0v) is 13.0. The first-order chi connectivity index (χ1) is 10.3. The number of piperidine rings is 1. The van der Waals surface area contributed by atoms with Crippen LogP contribution in [0.1, 0.15) is 31.9 Å². The summed E-state index contributed by atoms with van der Waals surface area (Å²) in [6.07, 6.45) is 3.89. The standard InChI is InChI=1S/C17H24N4/c1-3-21(12-14-8-6-7-11-18-14)17-13(2)19-15-9-4-5-10-16(15)20-17/h4-5,9-10,14,18H,3,6-8,11-12H2,1-2H3. The van der Waals surface area contributed by atoms with Crippen LogP contribution in [0, 0.1) is 6.92 Å². The second-order valence-corrected chi connectivity index (χ2v) is 5.81. The van der Waals surface area contributed by atoms with Crippen LogP contribution < -0.4 is 10.2 Å². The number of likely N-dealkylation sites (N-methyl/N-ethyl adjacent to an activating group) is 1. The highest BCUT2D eigenvalue weighted by Gasteiger charge is 2.18. The van der Waals surface area contributed by atoms with Crippen molar-refractivity contribution in [2.75, 3.05) is 24.5 Å². The van der Waals surface area contributed by atoms with Gasteiger partial charge in [-0.1, -0.05) is 18.6 Å². The lowest BCUT2D eigenvalue weighted by molar-refractivity contribution is 0.399. The fourth-order valence-corrected chi connectivity index (χ4v) is 3.09. The van der Waals surface area contributed by atoms with Crippen molar-refractivity contribution in [1.82, 2.24) is 15.3 Å². The van der Waals surface area contributed by atoms with Crippen molar-refractivity contribution in [2.24, 2.45) is 0 Å². The summed E-state index contributed by atoms with van der Waals surface area (Å²) in [5.41, 5.74) is 2.98. The molecule has 1 atom stereocenters. The number of aryl methyl sites for hydroxylation is 1. The number of nitrogens with one attached hydrogen (secondary N) is 1. The average Bonchev–Trinajstić information content (AvgIpc) is 2.53. The van der Waals surface area contributed by atoms with E-state index in [1.165, 1.54) is 19.3 Å². The third-order valence-corrected chi connectivity index (χ3v) is 4.25. The first-order valence-electron chi connectivity index (χ1n) is 7.99. The fraction of sp³-hybridized carbons (Fsp3) is 0.529. The number of hydrogen-bond donors (Lipinski definition) is 1. The van der Waals surface area contributed by atoms with Crippen LogP contribution in [0.4, 0.5) is 5.82 Å². The molecule has 4 heteroatoms. The molecule has 21 heavy (non-hydrogen) atoms. The second kappa shape index (κ2) is 6.39. The van der Waals surface area contributed by atoms with Crippen LogP contribution in [0.5, 0.6) is 0 Å². The zero-order valence-electron chi connectivity index (χ0n) is 13.0. The Balaban J connectivity index is 1.86. The molecule has 0 saturated carbocycles. The van der Waals surface area contributed by atoms with Crippen molar-refractivity contribution < 1.29 is 0 Å². The highest BCUT2D eigenvalue weighted by Crippen LogP contribution is 2.21. The Morgan fingerprint density at radius 2 is 1.95 bits per heavy atom. The molecule has 0 spiro atoms. The lowest BCUT2D eigenvalue weighted by Gasteiger charge is -2.31. The third kappa shape index (κ3) is 3.16. The van der Waals surface area contributed by atoms with E-state index in [-0.39, 0.29) is 0 Å². The minimum Gasteiger partial charge on any atom is -0.354 e. The quantitative estimate of drug-likeness (QED) is 0.937. The van der Waals surface area contributed by atoms with E-state index >= 15 is 0 Å². The van der Waals surface area contributed by atoms with Gasteiger partial charge in [-0.15, -0.1) is 0 Å². The van der Waals surface area contributed by atoms with Gasteiger partial charge in [-0.3, -0.25) is 0 Å². The van der Waals surface area contributed by atoms with Crippen LogP contribution >= 0.6 is 0 Å². The van der Waals surface area contributed by atoms with E-state index in [4.69, 9.17) is 9.97 Å². The Kier molecular flexibility index (Phi) is 4.34. The Morgan fingerprint density at radius 1 is 1.19 bits per heavy atom. The highest BCUT2D eigenvalue weighted by atomic mass is 15.2. The summed E-state index contributed by atoms with van der Waals surface area (Å²) in [6.45, 7) is 7.38. The third-order valence-electron chi connectivity index (χ3n) is 4.25. The maximum Gasteiger partial charge on any atom is 0.150 e. The predicted molar refractivity (Wildman–Crippen MR) is 87.8 cm³/mol. The van der Waals surface area contributed by atoms with Gasteiger partial charge in [0, 0.05) is 19.1 Å². The van der Waals surface area contributed by atoms with Gasteiger partial charge in [0.1, 0.15) is 0 Å². The number of nitrogens with zero attached hydrogens (tertiary/aromatic N) is 3. The Morgan fingerprint density at radius 3 is 2.62 bits per heavy atom. The maximum absolute atomic E-state index is 4.85. The molecule has 2 aromatic rings. The highest BCUT2D eigenvalue weighted by molar-refractivity contribution is 5.76. The Bertz CT molecular complexity index is 605. The number of rotatable bonds is 4. The summed E-state index contributed by atoms with van der Waals surface area (Å²) in [7, 11) is 0. The summed E-state index contributed by atoms with van der Waals surface area (Å²) >= 11 is 0. The lowest BCUT2D eigenvalue weighted by atomic mass is 10.0. The SMILES string of the molecule is CCN(CC1CCCCN1)c1nc2ccccc2nc1C. The predicted octanol–water partition coefficient (Wildman–Crippen LogP) is 2.91. The van der Waals surface area contributed by atoms with Gasteiger partial charge in [0.05, 0.1) is 16.7 Å². The van der Waals surface area contributed by atoms with Crippen LogP contribution in [0.3, 0.4) is 0 Å². The normalized spacial score (nSPS) is 18.9. The smallest absolute Gasteiger partial charge is 0.150 e. The molecular formula is C17H24N4. The number of hydrogen-bond acceptors (Lipinski definition) is 4. The molecule has 1 saturated heterocycles. The van der Waals surface area contributed by atoms with Gasteiger partial charge in [0.15, 0.2) is 5.82 Å². The molecule has 0 aliphatic carbocycles. The van der Waals surface area contributed by atoms with Crippen LogP contribution in [-0.4, -0.2) is 35.6 Å². The molecule has 4 nitrogen and oxygen atoms in total. The van der Waals surface area contributed by atoms with Gasteiger partial charge in [-0.05, 0) is 45.4 Å². The summed E-state index contributed by atoms with van der Waals surface area (Å²) < 4.78 is 0. The molecule has 1 aliphatic heterocycles. The van der Waals surface area contributed by atoms with E-state index in [0.29, 0.717) is 6.04 Å². The van der Waals surface area contributed by atoms with Gasteiger partial charge in [0.25, 0.3) is 0 Å². The number of benzene rings is 1. The molecule has 1 fully saturated rings. The van der Waals surface area contributed by atoms with Crippen LogP contribution in [0.15, 0.2) is 24.3 Å². The minimum absolute atomic E-state index is 0.575. The van der Waals surface area contributed by atoms with E-state index in [1.807, 2.05) is 24.3 Å². The van der Waals surface area contributed by atoms with Crippen molar-refractivity contribution in [3.05, 3.63) is 30.0 Å². The van der Waals surface area contributed by atoms with Crippen LogP contribution in [0.25, 0.3) is 11.0 Å². The topological polar surface area (TPSA) is 41.0 Å².